The van der Waals surface area contributed by atoms with Crippen LogP contribution in [0, 0.1) is 17.8 Å². The van der Waals surface area contributed by atoms with E-state index in [1.54, 1.807) is 45.1 Å². The highest BCUT2D eigenvalue weighted by atomic mass is 16.6. The van der Waals surface area contributed by atoms with Crippen LogP contribution in [0.2, 0.25) is 0 Å². The maximum Gasteiger partial charge on any atom is 0.309 e. The summed E-state index contributed by atoms with van der Waals surface area (Å²) in [4.78, 5) is 51.6. The molecule has 3 aliphatic heterocycles. The van der Waals surface area contributed by atoms with Gasteiger partial charge in [-0.3, -0.25) is 19.2 Å². The molecule has 2 fully saturated rings. The van der Waals surface area contributed by atoms with Crippen LogP contribution in [0.25, 0.3) is 0 Å². The van der Waals surface area contributed by atoms with Crippen LogP contribution in [0.3, 0.4) is 0 Å². The first kappa shape index (κ1) is 45.2. The van der Waals surface area contributed by atoms with Crippen LogP contribution in [-0.2, 0) is 38.1 Å². The van der Waals surface area contributed by atoms with Crippen LogP contribution >= 0.6 is 0 Å². The van der Waals surface area contributed by atoms with Gasteiger partial charge in [0.15, 0.2) is 0 Å². The number of aliphatic hydroxyl groups excluding tert-OH is 3. The molecule has 12 atom stereocenters. The summed E-state index contributed by atoms with van der Waals surface area (Å²) >= 11 is 0. The number of aliphatic hydroxyl groups is 3. The summed E-state index contributed by atoms with van der Waals surface area (Å²) in [6, 6.07) is 0. The van der Waals surface area contributed by atoms with E-state index in [4.69, 9.17) is 18.9 Å². The normalized spacial score (nSPS) is 35.7. The third kappa shape index (κ3) is 13.2. The van der Waals surface area contributed by atoms with Crippen LogP contribution in [-0.4, -0.2) is 93.8 Å². The van der Waals surface area contributed by atoms with Gasteiger partial charge in [-0.1, -0.05) is 71.1 Å². The van der Waals surface area contributed by atoms with E-state index in [1.807, 2.05) is 13.8 Å². The molecule has 3 aliphatic rings. The minimum absolute atomic E-state index is 0.0103. The fourth-order valence-corrected chi connectivity index (χ4v) is 7.35. The second-order valence-corrected chi connectivity index (χ2v) is 15.8. The van der Waals surface area contributed by atoms with E-state index < -0.39 is 78.7 Å². The second-order valence-electron chi connectivity index (χ2n) is 15.8. The molecule has 54 heavy (non-hydrogen) atoms. The van der Waals surface area contributed by atoms with E-state index in [1.165, 1.54) is 6.92 Å². The molecule has 0 amide bonds. The lowest BCUT2D eigenvalue weighted by Gasteiger charge is -2.26. The monoisotopic (exact) mass is 756 g/mol. The standard InChI is InChI=1S/C43H64O11/c1-10-11-13-24(2)43(51-31(9)44)25(3)14-12-15-36-37-17-16-33(52-37)21-32(45)19-27(5)34(46)22-35(47)30(8)26(4)18-29(7)41(49)42(50)39-20-28(6)38(53-39)23-40(48)54-36/h12,14-15,18,27-28,30,33,35-39,41-43,47,49-50H,2,7,10-11,13,16-17,19-23H2,1,3-6,8-9H3/b15-12+,25-14+,26-18+/t27-,28+,30+,33+,35-,36?,37+,38-,39+,41+,42-,43-/m0/s1. The molecule has 0 saturated carbocycles. The number of Topliss-reactive ketones (excluding diaryl/α,β-unsaturated/α-hetero) is 2. The minimum atomic E-state index is -1.37. The van der Waals surface area contributed by atoms with Gasteiger partial charge in [0, 0.05) is 38.0 Å². The summed E-state index contributed by atoms with van der Waals surface area (Å²) in [7, 11) is 0. The predicted octanol–water partition coefficient (Wildman–Crippen LogP) is 5.99. The zero-order chi connectivity index (χ0) is 40.3. The Hall–Kier alpha value is -3.22. The molecule has 0 spiro atoms. The Balaban J connectivity index is 1.89. The van der Waals surface area contributed by atoms with Crippen molar-refractivity contribution in [3.05, 3.63) is 59.8 Å². The molecule has 11 nitrogen and oxygen atoms in total. The molecule has 0 aromatic carbocycles. The Kier molecular flexibility index (Phi) is 17.7. The Morgan fingerprint density at radius 3 is 2.37 bits per heavy atom. The average molecular weight is 757 g/mol. The lowest BCUT2D eigenvalue weighted by Crippen LogP contribution is -2.38. The molecular weight excluding hydrogens is 692 g/mol. The van der Waals surface area contributed by atoms with Crippen molar-refractivity contribution in [2.75, 3.05) is 0 Å². The van der Waals surface area contributed by atoms with Crippen molar-refractivity contribution in [2.24, 2.45) is 17.8 Å². The van der Waals surface area contributed by atoms with Crippen LogP contribution in [0.1, 0.15) is 113 Å². The van der Waals surface area contributed by atoms with Crippen molar-refractivity contribution in [2.45, 2.75) is 168 Å². The van der Waals surface area contributed by atoms with Gasteiger partial charge in [-0.25, -0.2) is 0 Å². The molecule has 3 rings (SSSR count). The van der Waals surface area contributed by atoms with Crippen LogP contribution < -0.4 is 0 Å². The minimum Gasteiger partial charge on any atom is -0.455 e. The third-order valence-electron chi connectivity index (χ3n) is 11.1. The molecule has 0 aliphatic carbocycles. The van der Waals surface area contributed by atoms with Gasteiger partial charge in [0.05, 0.1) is 36.9 Å². The molecule has 2 saturated heterocycles. The van der Waals surface area contributed by atoms with Crippen molar-refractivity contribution in [1.82, 2.24) is 0 Å². The van der Waals surface area contributed by atoms with Crippen LogP contribution in [0.5, 0.6) is 0 Å². The summed E-state index contributed by atoms with van der Waals surface area (Å²) in [5.41, 5.74) is 2.42. The first-order valence-corrected chi connectivity index (χ1v) is 19.6. The average Bonchev–Trinajstić information content (AvgIpc) is 3.72. The number of rotatable bonds is 8. The highest BCUT2D eigenvalue weighted by Gasteiger charge is 2.41. The van der Waals surface area contributed by atoms with E-state index in [9.17, 15) is 34.5 Å². The number of carbonyl (C=O) groups excluding carboxylic acids is 4. The van der Waals surface area contributed by atoms with E-state index >= 15 is 0 Å². The molecule has 0 aromatic heterocycles. The van der Waals surface area contributed by atoms with Crippen LogP contribution in [0.15, 0.2) is 59.8 Å². The number of fused-ring (bicyclic) bond motifs is 4. The van der Waals surface area contributed by atoms with Crippen molar-refractivity contribution < 1.29 is 53.4 Å². The SMILES string of the molecule is C=C1/C=C(\C)[C@@H](C)[C@@H](O)CC(=O)[C@@H](C)CC(=O)C[C@H]2CC[C@@H](O2)C(/C=C/C=C(\C)[C@@H](OC(C)=O)C(=C)CCCC)OC(=O)C[C@@H]2O[C@H](C[C@H]2C)[C@H](O)[C@@H]1O. The number of cyclic esters (lactones) is 1. The van der Waals surface area contributed by atoms with Gasteiger partial charge in [-0.05, 0) is 74.7 Å². The molecule has 0 radical (unpaired) electrons. The summed E-state index contributed by atoms with van der Waals surface area (Å²) in [6.07, 6.45) is 3.32. The van der Waals surface area contributed by atoms with Crippen molar-refractivity contribution in [3.8, 4) is 0 Å². The number of carbonyl (C=O) groups is 4. The molecular formula is C43H64O11. The van der Waals surface area contributed by atoms with Gasteiger partial charge in [-0.2, -0.15) is 0 Å². The van der Waals surface area contributed by atoms with E-state index in [0.717, 1.165) is 24.0 Å². The maximum atomic E-state index is 13.5. The lowest BCUT2D eigenvalue weighted by molar-refractivity contribution is -0.158. The van der Waals surface area contributed by atoms with Gasteiger partial charge in [0.1, 0.15) is 36.0 Å². The van der Waals surface area contributed by atoms with E-state index in [2.05, 4.69) is 20.1 Å². The number of hydrogen-bond donors (Lipinski definition) is 3. The van der Waals surface area contributed by atoms with Crippen molar-refractivity contribution >= 4 is 23.5 Å². The van der Waals surface area contributed by atoms with Gasteiger partial charge in [0.25, 0.3) is 0 Å². The van der Waals surface area contributed by atoms with E-state index in [0.29, 0.717) is 31.3 Å². The topological polar surface area (TPSA) is 166 Å². The Bertz CT molecular complexity index is 1440. The largest absolute Gasteiger partial charge is 0.455 e. The van der Waals surface area contributed by atoms with Gasteiger partial charge in [0.2, 0.25) is 0 Å². The summed E-state index contributed by atoms with van der Waals surface area (Å²) in [6.45, 7) is 20.5. The van der Waals surface area contributed by atoms with Gasteiger partial charge >= 0.3 is 11.9 Å². The van der Waals surface area contributed by atoms with Gasteiger partial charge in [-0.15, -0.1) is 0 Å². The summed E-state index contributed by atoms with van der Waals surface area (Å²) < 4.78 is 24.0. The lowest BCUT2D eigenvalue weighted by atomic mass is 9.87. The number of esters is 2. The third-order valence-corrected chi connectivity index (χ3v) is 11.1. The fraction of sp³-hybridized carbons (Fsp3) is 0.674. The Morgan fingerprint density at radius 1 is 1.00 bits per heavy atom. The molecule has 4 bridgehead atoms. The Morgan fingerprint density at radius 2 is 1.70 bits per heavy atom. The highest BCUT2D eigenvalue weighted by molar-refractivity contribution is 5.88. The number of unbranched alkanes of at least 4 members (excludes halogenated alkanes) is 1. The summed E-state index contributed by atoms with van der Waals surface area (Å²) in [5.74, 6) is -2.51. The van der Waals surface area contributed by atoms with Crippen LogP contribution in [0.4, 0.5) is 0 Å². The fourth-order valence-electron chi connectivity index (χ4n) is 7.35. The second kappa shape index (κ2) is 21.2. The zero-order valence-electron chi connectivity index (χ0n) is 33.3. The predicted molar refractivity (Wildman–Crippen MR) is 205 cm³/mol. The number of ether oxygens (including phenoxy) is 4. The van der Waals surface area contributed by atoms with Gasteiger partial charge < -0.3 is 34.3 Å². The molecule has 0 aromatic rings. The quantitative estimate of drug-likeness (QED) is 0.151. The smallest absolute Gasteiger partial charge is 0.309 e. The number of allylic oxidation sites excluding steroid dienone is 2. The molecule has 3 N–H and O–H groups in total. The molecule has 1 unspecified atom stereocenters. The Labute approximate surface area is 321 Å². The molecule has 11 heteroatoms. The van der Waals surface area contributed by atoms with Crippen molar-refractivity contribution in [1.29, 1.82) is 0 Å². The molecule has 302 valence electrons. The first-order chi connectivity index (χ1) is 25.4. The number of ketones is 2. The summed E-state index contributed by atoms with van der Waals surface area (Å²) in [5, 5.41) is 33.0. The number of hydrogen-bond acceptors (Lipinski definition) is 11. The van der Waals surface area contributed by atoms with Crippen molar-refractivity contribution in [3.63, 3.8) is 0 Å². The highest BCUT2D eigenvalue weighted by Crippen LogP contribution is 2.34. The first-order valence-electron chi connectivity index (χ1n) is 19.6. The zero-order valence-corrected chi connectivity index (χ0v) is 33.3. The molecule has 3 heterocycles. The maximum absolute atomic E-state index is 13.5. The van der Waals surface area contributed by atoms with E-state index in [-0.39, 0.29) is 48.7 Å².